The standard InChI is InChI=1S/C15H11N3/c1-2-6-13-9-10-16-11-15(13)18-12-17-14-7-4-3-5-8-14/h3-5,7-11H,1H3. The molecule has 3 nitrogen and oxygen atoms in total. The molecule has 0 saturated heterocycles. The van der Waals surface area contributed by atoms with Gasteiger partial charge in [-0.25, -0.2) is 0 Å². The van der Waals surface area contributed by atoms with Crippen LogP contribution in [-0.4, -0.2) is 11.0 Å². The molecule has 1 aromatic carbocycles. The van der Waals surface area contributed by atoms with Gasteiger partial charge >= 0.3 is 0 Å². The lowest BCUT2D eigenvalue weighted by molar-refractivity contribution is 1.30. The van der Waals surface area contributed by atoms with E-state index in [1.165, 1.54) is 0 Å². The Hall–Kier alpha value is -2.69. The summed E-state index contributed by atoms with van der Waals surface area (Å²) in [6.07, 6.45) is 3.33. The Balaban J connectivity index is 2.28. The molecule has 2 rings (SSSR count). The third-order valence-corrected chi connectivity index (χ3v) is 2.17. The van der Waals surface area contributed by atoms with Crippen molar-refractivity contribution in [1.82, 2.24) is 4.98 Å². The zero-order chi connectivity index (χ0) is 12.6. The van der Waals surface area contributed by atoms with E-state index in [9.17, 15) is 0 Å². The topological polar surface area (TPSA) is 37.6 Å². The largest absolute Gasteiger partial charge is 0.262 e. The number of hydrogen-bond donors (Lipinski definition) is 0. The predicted molar refractivity (Wildman–Crippen MR) is 72.4 cm³/mol. The smallest absolute Gasteiger partial charge is 0.109 e. The molecular formula is C15H11N3. The molecule has 2 aromatic rings. The first-order chi connectivity index (χ1) is 8.90. The van der Waals surface area contributed by atoms with Crippen molar-refractivity contribution in [2.24, 2.45) is 9.98 Å². The van der Waals surface area contributed by atoms with Crippen LogP contribution in [0, 0.1) is 11.8 Å². The van der Waals surface area contributed by atoms with Crippen LogP contribution < -0.4 is 0 Å². The molecule has 86 valence electrons. The van der Waals surface area contributed by atoms with E-state index in [0.717, 1.165) is 11.3 Å². The molecule has 0 saturated carbocycles. The van der Waals surface area contributed by atoms with Crippen LogP contribution in [0.3, 0.4) is 0 Å². The van der Waals surface area contributed by atoms with Gasteiger partial charge in [-0.1, -0.05) is 24.1 Å². The number of benzene rings is 1. The maximum absolute atomic E-state index is 4.14. The number of hydrogen-bond acceptors (Lipinski definition) is 3. The molecule has 1 aromatic heterocycles. The third kappa shape index (κ3) is 3.15. The summed E-state index contributed by atoms with van der Waals surface area (Å²) in [7, 11) is 0. The number of rotatable bonds is 2. The Labute approximate surface area is 106 Å². The molecule has 0 aliphatic rings. The molecule has 0 amide bonds. The number of aromatic nitrogens is 1. The zero-order valence-corrected chi connectivity index (χ0v) is 9.96. The summed E-state index contributed by atoms with van der Waals surface area (Å²) in [5, 5.41) is 0. The van der Waals surface area contributed by atoms with Gasteiger partial charge in [0.05, 0.1) is 17.4 Å². The van der Waals surface area contributed by atoms with Crippen molar-refractivity contribution in [1.29, 1.82) is 0 Å². The van der Waals surface area contributed by atoms with Gasteiger partial charge in [0.1, 0.15) is 11.7 Å². The Morgan fingerprint density at radius 3 is 2.67 bits per heavy atom. The van der Waals surface area contributed by atoms with E-state index >= 15 is 0 Å². The number of para-hydroxylation sites is 1. The Kier molecular flexibility index (Phi) is 4.02. The minimum atomic E-state index is 0.673. The van der Waals surface area contributed by atoms with Crippen LogP contribution in [-0.2, 0) is 0 Å². The maximum atomic E-state index is 4.14. The Morgan fingerprint density at radius 1 is 1.06 bits per heavy atom. The van der Waals surface area contributed by atoms with Gasteiger partial charge in [0.2, 0.25) is 0 Å². The molecular weight excluding hydrogens is 222 g/mol. The lowest BCUT2D eigenvalue weighted by Crippen LogP contribution is -1.77. The van der Waals surface area contributed by atoms with Crippen molar-refractivity contribution in [3.63, 3.8) is 0 Å². The second kappa shape index (κ2) is 6.15. The molecule has 0 spiro atoms. The molecule has 0 unspecified atom stereocenters. The van der Waals surface area contributed by atoms with Crippen molar-refractivity contribution in [3.8, 4) is 11.8 Å². The van der Waals surface area contributed by atoms with E-state index in [4.69, 9.17) is 0 Å². The van der Waals surface area contributed by atoms with E-state index < -0.39 is 0 Å². The Bertz CT molecular complexity index is 642. The third-order valence-electron chi connectivity index (χ3n) is 2.17. The normalized spacial score (nSPS) is 8.72. The second-order valence-corrected chi connectivity index (χ2v) is 3.43. The van der Waals surface area contributed by atoms with E-state index in [1.54, 1.807) is 19.3 Å². The van der Waals surface area contributed by atoms with Gasteiger partial charge in [-0.05, 0) is 25.1 Å². The highest BCUT2D eigenvalue weighted by atomic mass is 14.8. The van der Waals surface area contributed by atoms with Crippen molar-refractivity contribution >= 4 is 17.4 Å². The van der Waals surface area contributed by atoms with Crippen molar-refractivity contribution in [2.75, 3.05) is 0 Å². The van der Waals surface area contributed by atoms with Crippen molar-refractivity contribution < 1.29 is 0 Å². The van der Waals surface area contributed by atoms with Crippen LogP contribution in [0.2, 0.25) is 0 Å². The summed E-state index contributed by atoms with van der Waals surface area (Å²) in [5.41, 5.74) is 2.31. The average Bonchev–Trinajstić information content (AvgIpc) is 2.42. The quantitative estimate of drug-likeness (QED) is 0.577. The van der Waals surface area contributed by atoms with Crippen LogP contribution in [0.15, 0.2) is 58.8 Å². The molecule has 0 bridgehead atoms. The van der Waals surface area contributed by atoms with Crippen LogP contribution >= 0.6 is 0 Å². The molecule has 0 radical (unpaired) electrons. The molecule has 0 aliphatic carbocycles. The van der Waals surface area contributed by atoms with Crippen molar-refractivity contribution in [3.05, 3.63) is 54.4 Å². The highest BCUT2D eigenvalue weighted by Gasteiger charge is 1.95. The first-order valence-corrected chi connectivity index (χ1v) is 5.48. The predicted octanol–water partition coefficient (Wildman–Crippen LogP) is 3.59. The van der Waals surface area contributed by atoms with Gasteiger partial charge in [-0.3, -0.25) is 4.98 Å². The first kappa shape index (κ1) is 11.8. The van der Waals surface area contributed by atoms with E-state index in [0.29, 0.717) is 5.69 Å². The fourth-order valence-electron chi connectivity index (χ4n) is 1.35. The second-order valence-electron chi connectivity index (χ2n) is 3.43. The average molecular weight is 233 g/mol. The summed E-state index contributed by atoms with van der Waals surface area (Å²) >= 11 is 0. The Morgan fingerprint density at radius 2 is 1.89 bits per heavy atom. The van der Waals surface area contributed by atoms with E-state index in [1.807, 2.05) is 36.4 Å². The van der Waals surface area contributed by atoms with Gasteiger partial charge in [0.25, 0.3) is 0 Å². The molecule has 0 aliphatic heterocycles. The monoisotopic (exact) mass is 233 g/mol. The lowest BCUT2D eigenvalue weighted by Gasteiger charge is -1.93. The summed E-state index contributed by atoms with van der Waals surface area (Å²) in [6, 6.07) is 14.0. The highest BCUT2D eigenvalue weighted by Crippen LogP contribution is 2.15. The van der Waals surface area contributed by atoms with Crippen LogP contribution in [0.25, 0.3) is 0 Å². The molecule has 3 heteroatoms. The van der Waals surface area contributed by atoms with Gasteiger partial charge in [-0.2, -0.15) is 9.98 Å². The van der Waals surface area contributed by atoms with Gasteiger partial charge in [0.15, 0.2) is 0 Å². The van der Waals surface area contributed by atoms with Crippen molar-refractivity contribution in [2.45, 2.75) is 6.92 Å². The molecule has 0 fully saturated rings. The van der Waals surface area contributed by atoms with Crippen LogP contribution in [0.1, 0.15) is 12.5 Å². The minimum Gasteiger partial charge on any atom is -0.262 e. The summed E-state index contributed by atoms with van der Waals surface area (Å²) in [6.45, 7) is 1.78. The number of aliphatic imine (C=N–C) groups is 2. The van der Waals surface area contributed by atoms with E-state index in [-0.39, 0.29) is 0 Å². The van der Waals surface area contributed by atoms with E-state index in [2.05, 4.69) is 32.8 Å². The van der Waals surface area contributed by atoms with Crippen LogP contribution in [0.4, 0.5) is 11.4 Å². The van der Waals surface area contributed by atoms with Crippen LogP contribution in [0.5, 0.6) is 0 Å². The molecule has 0 N–H and O–H groups in total. The van der Waals surface area contributed by atoms with Gasteiger partial charge in [0, 0.05) is 6.20 Å². The zero-order valence-electron chi connectivity index (χ0n) is 9.96. The summed E-state index contributed by atoms with van der Waals surface area (Å²) in [5.74, 6) is 5.80. The highest BCUT2D eigenvalue weighted by molar-refractivity contribution is 5.62. The summed E-state index contributed by atoms with van der Waals surface area (Å²) in [4.78, 5) is 12.3. The number of nitrogens with zero attached hydrogens (tertiary/aromatic N) is 3. The number of pyridine rings is 1. The SMILES string of the molecule is CC#Cc1ccncc1N=C=Nc1ccccc1. The fourth-order valence-corrected chi connectivity index (χ4v) is 1.35. The van der Waals surface area contributed by atoms with Gasteiger partial charge in [-0.15, -0.1) is 5.92 Å². The lowest BCUT2D eigenvalue weighted by atomic mass is 10.2. The molecule has 1 heterocycles. The minimum absolute atomic E-state index is 0.673. The fraction of sp³-hybridized carbons (Fsp3) is 0.0667. The van der Waals surface area contributed by atoms with Gasteiger partial charge < -0.3 is 0 Å². The molecule has 18 heavy (non-hydrogen) atoms. The molecule has 0 atom stereocenters. The summed E-state index contributed by atoms with van der Waals surface area (Å²) < 4.78 is 0. The first-order valence-electron chi connectivity index (χ1n) is 5.48. The maximum Gasteiger partial charge on any atom is 0.109 e.